The molecule has 0 radical (unpaired) electrons. The maximum Gasteiger partial charge on any atom is 0.294 e. The van der Waals surface area contributed by atoms with Gasteiger partial charge in [-0.15, -0.1) is 0 Å². The second-order valence-corrected chi connectivity index (χ2v) is 9.11. The fourth-order valence-corrected chi connectivity index (χ4v) is 4.68. The first-order valence-electron chi connectivity index (χ1n) is 11.1. The van der Waals surface area contributed by atoms with Gasteiger partial charge in [0.05, 0.1) is 18.2 Å². The fraction of sp³-hybridized carbons (Fsp3) is 0.259. The topological polar surface area (TPSA) is 76.1 Å². The number of Topliss-reactive ketones (excluding diaryl/α,β-unsaturated/α-hetero) is 1. The molecule has 1 unspecified atom stereocenters. The number of carbonyl (C=O) groups excluding carboxylic acids is 2. The van der Waals surface area contributed by atoms with Crippen molar-refractivity contribution in [1.29, 1.82) is 0 Å². The third-order valence-electron chi connectivity index (χ3n) is 5.73. The fourth-order valence-electron chi connectivity index (χ4n) is 4.01. The zero-order valence-corrected chi connectivity index (χ0v) is 20.2. The van der Waals surface area contributed by atoms with E-state index in [1.807, 2.05) is 53.9 Å². The van der Waals surface area contributed by atoms with Crippen molar-refractivity contribution in [3.63, 3.8) is 0 Å². The number of benzene rings is 2. The van der Waals surface area contributed by atoms with Gasteiger partial charge in [-0.3, -0.25) is 14.5 Å². The lowest BCUT2D eigenvalue weighted by Gasteiger charge is -2.28. The van der Waals surface area contributed by atoms with Crippen LogP contribution in [0, 0.1) is 5.92 Å². The number of rotatable bonds is 9. The van der Waals surface area contributed by atoms with Gasteiger partial charge in [0.25, 0.3) is 5.91 Å². The number of hydrogen-bond acceptors (Lipinski definition) is 6. The molecular weight excluding hydrogens is 450 g/mol. The molecule has 0 bridgehead atoms. The van der Waals surface area contributed by atoms with E-state index in [1.165, 1.54) is 4.90 Å². The smallest absolute Gasteiger partial charge is 0.294 e. The molecule has 0 spiro atoms. The van der Waals surface area contributed by atoms with Crippen molar-refractivity contribution >= 4 is 28.7 Å². The normalized spacial score (nSPS) is 15.9. The van der Waals surface area contributed by atoms with E-state index in [-0.39, 0.29) is 17.3 Å². The van der Waals surface area contributed by atoms with E-state index in [0.29, 0.717) is 30.2 Å². The Bertz CT molecular complexity index is 1200. The third-order valence-corrected chi connectivity index (χ3v) is 6.41. The maximum atomic E-state index is 13.3. The van der Waals surface area contributed by atoms with Crippen LogP contribution in [0.5, 0.6) is 5.75 Å². The van der Waals surface area contributed by atoms with Gasteiger partial charge in [-0.1, -0.05) is 38.1 Å². The number of amides is 1. The Balaban J connectivity index is 1.76. The zero-order valence-electron chi connectivity index (χ0n) is 19.4. The Kier molecular flexibility index (Phi) is 7.14. The van der Waals surface area contributed by atoms with Gasteiger partial charge >= 0.3 is 0 Å². The lowest BCUT2D eigenvalue weighted by atomic mass is 9.91. The van der Waals surface area contributed by atoms with E-state index in [4.69, 9.17) is 9.47 Å². The molecule has 1 aromatic heterocycles. The molecule has 6 nitrogen and oxygen atoms in total. The van der Waals surface area contributed by atoms with Crippen LogP contribution < -0.4 is 9.64 Å². The summed E-state index contributed by atoms with van der Waals surface area (Å²) in [5.74, 6) is -1.15. The second kappa shape index (κ2) is 10.2. The molecule has 0 saturated heterocycles. The van der Waals surface area contributed by atoms with Crippen molar-refractivity contribution in [1.82, 2.24) is 0 Å². The number of hydrogen-bond donors (Lipinski definition) is 1. The van der Waals surface area contributed by atoms with E-state index >= 15 is 0 Å². The van der Waals surface area contributed by atoms with E-state index in [9.17, 15) is 14.7 Å². The van der Waals surface area contributed by atoms with Gasteiger partial charge in [-0.25, -0.2) is 0 Å². The van der Waals surface area contributed by atoms with Crippen LogP contribution >= 0.6 is 11.3 Å². The first-order valence-corrected chi connectivity index (χ1v) is 12.0. The highest BCUT2D eigenvalue weighted by Gasteiger charge is 2.44. The zero-order chi connectivity index (χ0) is 24.2. The number of ether oxygens (including phenoxy) is 2. The number of anilines is 1. The minimum Gasteiger partial charge on any atom is -0.503 e. The highest BCUT2D eigenvalue weighted by atomic mass is 32.1. The molecular formula is C27H27NO5S. The lowest BCUT2D eigenvalue weighted by Crippen LogP contribution is -2.31. The molecule has 4 rings (SSSR count). The molecule has 0 fully saturated rings. The van der Waals surface area contributed by atoms with Gasteiger partial charge in [-0.2, -0.15) is 11.3 Å². The number of carbonyl (C=O) groups is 2. The number of nitrogens with zero attached hydrogens (tertiary/aromatic N) is 1. The van der Waals surface area contributed by atoms with E-state index in [0.717, 1.165) is 11.1 Å². The van der Waals surface area contributed by atoms with Crippen molar-refractivity contribution in [3.8, 4) is 16.9 Å². The van der Waals surface area contributed by atoms with Crippen molar-refractivity contribution in [3.05, 3.63) is 82.3 Å². The van der Waals surface area contributed by atoms with Crippen LogP contribution in [0.25, 0.3) is 11.1 Å². The molecule has 1 N–H and O–H groups in total. The molecule has 2 aromatic carbocycles. The third kappa shape index (κ3) is 4.62. The van der Waals surface area contributed by atoms with E-state index in [2.05, 4.69) is 5.38 Å². The minimum absolute atomic E-state index is 0.107. The highest BCUT2D eigenvalue weighted by Crippen LogP contribution is 2.43. The van der Waals surface area contributed by atoms with Crippen LogP contribution in [-0.2, 0) is 14.3 Å². The Labute approximate surface area is 203 Å². The summed E-state index contributed by atoms with van der Waals surface area (Å²) in [5.41, 5.74) is 3.50. The molecule has 2 heterocycles. The van der Waals surface area contributed by atoms with Crippen LogP contribution in [-0.4, -0.2) is 37.1 Å². The number of ketones is 1. The van der Waals surface area contributed by atoms with Gasteiger partial charge in [0.15, 0.2) is 11.5 Å². The highest BCUT2D eigenvalue weighted by molar-refractivity contribution is 7.08. The summed E-state index contributed by atoms with van der Waals surface area (Å²) in [4.78, 5) is 27.9. The molecule has 0 aliphatic carbocycles. The number of methoxy groups -OCH3 is 1. The first kappa shape index (κ1) is 23.7. The molecule has 34 heavy (non-hydrogen) atoms. The molecule has 1 aliphatic rings. The van der Waals surface area contributed by atoms with Gasteiger partial charge < -0.3 is 14.6 Å². The molecule has 0 saturated carbocycles. The molecule has 176 valence electrons. The summed E-state index contributed by atoms with van der Waals surface area (Å²) in [6.45, 7) is 4.32. The van der Waals surface area contributed by atoms with E-state index < -0.39 is 17.7 Å². The molecule has 1 amide bonds. The summed E-state index contributed by atoms with van der Waals surface area (Å²) >= 11 is 1.62. The summed E-state index contributed by atoms with van der Waals surface area (Å²) in [6, 6.07) is 16.1. The van der Waals surface area contributed by atoms with Crippen molar-refractivity contribution in [2.75, 3.05) is 25.2 Å². The van der Waals surface area contributed by atoms with Crippen LogP contribution in [0.4, 0.5) is 5.69 Å². The quantitative estimate of drug-likeness (QED) is 0.408. The van der Waals surface area contributed by atoms with Crippen LogP contribution in [0.2, 0.25) is 0 Å². The number of aliphatic hydroxyl groups is 1. The monoisotopic (exact) mass is 477 g/mol. The lowest BCUT2D eigenvalue weighted by molar-refractivity contribution is -0.119. The molecule has 1 aliphatic heterocycles. The Morgan fingerprint density at radius 1 is 1.09 bits per heavy atom. The number of thiophene rings is 1. The average molecular weight is 478 g/mol. The summed E-state index contributed by atoms with van der Waals surface area (Å²) in [7, 11) is 1.60. The van der Waals surface area contributed by atoms with Crippen LogP contribution in [0.15, 0.2) is 76.7 Å². The number of aliphatic hydroxyl groups excluding tert-OH is 1. The van der Waals surface area contributed by atoms with Crippen molar-refractivity contribution in [2.24, 2.45) is 5.92 Å². The van der Waals surface area contributed by atoms with Gasteiger partial charge in [-0.05, 0) is 57.8 Å². The first-order chi connectivity index (χ1) is 16.4. The second-order valence-electron chi connectivity index (χ2n) is 8.33. The molecule has 1 atom stereocenters. The predicted molar refractivity (Wildman–Crippen MR) is 133 cm³/mol. The van der Waals surface area contributed by atoms with Gasteiger partial charge in [0, 0.05) is 18.7 Å². The Morgan fingerprint density at radius 3 is 2.50 bits per heavy atom. The summed E-state index contributed by atoms with van der Waals surface area (Å²) < 4.78 is 10.8. The predicted octanol–water partition coefficient (Wildman–Crippen LogP) is 5.57. The summed E-state index contributed by atoms with van der Waals surface area (Å²) in [6.07, 6.45) is 0. The maximum absolute atomic E-state index is 13.3. The SMILES string of the molecule is COCCOc1cccc(C2C(C(=O)C(C)C)=C(O)C(=O)N2c2ccc(-c3ccsc3)cc2)c1. The van der Waals surface area contributed by atoms with Crippen LogP contribution in [0.1, 0.15) is 25.5 Å². The average Bonchev–Trinajstić information content (AvgIpc) is 3.46. The molecule has 7 heteroatoms. The van der Waals surface area contributed by atoms with Gasteiger partial charge in [0.1, 0.15) is 12.4 Å². The standard InChI is InChI=1S/C27H27NO5S/c1-17(2)25(29)23-24(19-5-4-6-22(15-19)33-13-12-32-3)28(27(31)26(23)30)21-9-7-18(8-10-21)20-11-14-34-16-20/h4-11,14-17,24,30H,12-13H2,1-3H3. The van der Waals surface area contributed by atoms with Crippen LogP contribution in [0.3, 0.4) is 0 Å². The summed E-state index contributed by atoms with van der Waals surface area (Å²) in [5, 5.41) is 14.9. The largest absolute Gasteiger partial charge is 0.503 e. The Hall–Kier alpha value is -3.42. The van der Waals surface area contributed by atoms with Crippen molar-refractivity contribution < 1.29 is 24.2 Å². The van der Waals surface area contributed by atoms with E-state index in [1.54, 1.807) is 38.4 Å². The minimum atomic E-state index is -0.764. The Morgan fingerprint density at radius 2 is 1.85 bits per heavy atom. The van der Waals surface area contributed by atoms with Gasteiger partial charge in [0.2, 0.25) is 0 Å². The van der Waals surface area contributed by atoms with Crippen molar-refractivity contribution in [2.45, 2.75) is 19.9 Å². The molecule has 3 aromatic rings.